The van der Waals surface area contributed by atoms with Crippen LogP contribution in [-0.2, 0) is 6.42 Å². The van der Waals surface area contributed by atoms with Gasteiger partial charge in [0.15, 0.2) is 5.76 Å². The predicted octanol–water partition coefficient (Wildman–Crippen LogP) is 3.05. The van der Waals surface area contributed by atoms with Crippen LogP contribution in [0.4, 0.5) is 10.5 Å². The van der Waals surface area contributed by atoms with Crippen LogP contribution in [0.2, 0.25) is 5.02 Å². The van der Waals surface area contributed by atoms with Crippen molar-refractivity contribution in [3.8, 4) is 0 Å². The van der Waals surface area contributed by atoms with E-state index in [-0.39, 0.29) is 6.54 Å². The van der Waals surface area contributed by atoms with Crippen LogP contribution in [0.1, 0.15) is 30.0 Å². The van der Waals surface area contributed by atoms with E-state index in [2.05, 4.69) is 15.8 Å². The molecular weight excluding hydrogens is 306 g/mol. The summed E-state index contributed by atoms with van der Waals surface area (Å²) in [6.45, 7) is 3.73. The van der Waals surface area contributed by atoms with Crippen LogP contribution in [0, 0.1) is 6.92 Å². The molecule has 0 aliphatic rings. The maximum absolute atomic E-state index is 11.9. The average molecular weight is 324 g/mol. The van der Waals surface area contributed by atoms with Crippen LogP contribution in [0.25, 0.3) is 0 Å². The fourth-order valence-corrected chi connectivity index (χ4v) is 2.10. The van der Waals surface area contributed by atoms with Crippen LogP contribution >= 0.6 is 11.6 Å². The van der Waals surface area contributed by atoms with Gasteiger partial charge in [-0.05, 0) is 31.0 Å². The SMILES string of the molecule is CCc1noc(C)c1NC(=O)NCC(O)c1ccc(Cl)cc1. The van der Waals surface area contributed by atoms with Crippen LogP contribution in [0.5, 0.6) is 0 Å². The van der Waals surface area contributed by atoms with Crippen molar-refractivity contribution in [2.24, 2.45) is 0 Å². The number of nitrogens with one attached hydrogen (secondary N) is 2. The minimum atomic E-state index is -0.808. The van der Waals surface area contributed by atoms with E-state index in [1.165, 1.54) is 0 Å². The van der Waals surface area contributed by atoms with Gasteiger partial charge in [0.2, 0.25) is 0 Å². The van der Waals surface area contributed by atoms with Crippen LogP contribution in [0.15, 0.2) is 28.8 Å². The zero-order valence-corrected chi connectivity index (χ0v) is 13.1. The summed E-state index contributed by atoms with van der Waals surface area (Å²) in [5.41, 5.74) is 1.94. The molecule has 0 saturated carbocycles. The molecule has 1 unspecified atom stereocenters. The summed E-state index contributed by atoms with van der Waals surface area (Å²) in [5.74, 6) is 0.547. The number of aliphatic hydroxyl groups is 1. The molecule has 22 heavy (non-hydrogen) atoms. The first-order valence-corrected chi connectivity index (χ1v) is 7.32. The lowest BCUT2D eigenvalue weighted by atomic mass is 10.1. The van der Waals surface area contributed by atoms with Crippen molar-refractivity contribution in [3.63, 3.8) is 0 Å². The summed E-state index contributed by atoms with van der Waals surface area (Å²) in [7, 11) is 0. The summed E-state index contributed by atoms with van der Waals surface area (Å²) < 4.78 is 5.04. The molecule has 0 aliphatic carbocycles. The number of nitrogens with zero attached hydrogens (tertiary/aromatic N) is 1. The summed E-state index contributed by atoms with van der Waals surface area (Å²) >= 11 is 5.79. The molecule has 0 fully saturated rings. The van der Waals surface area contributed by atoms with Gasteiger partial charge in [0.25, 0.3) is 0 Å². The maximum atomic E-state index is 11.9. The van der Waals surface area contributed by atoms with Gasteiger partial charge < -0.3 is 20.3 Å². The van der Waals surface area contributed by atoms with Crippen molar-refractivity contribution in [3.05, 3.63) is 46.3 Å². The zero-order valence-electron chi connectivity index (χ0n) is 12.4. The number of anilines is 1. The van der Waals surface area contributed by atoms with Gasteiger partial charge in [-0.3, -0.25) is 0 Å². The second-order valence-electron chi connectivity index (χ2n) is 4.82. The standard InChI is InChI=1S/C15H18ClN3O3/c1-3-12-14(9(2)22-19-12)18-15(21)17-8-13(20)10-4-6-11(16)7-5-10/h4-7,13,20H,3,8H2,1-2H3,(H2,17,18,21). The number of halogens is 1. The van der Waals surface area contributed by atoms with E-state index in [0.717, 1.165) is 0 Å². The van der Waals surface area contributed by atoms with Crippen molar-refractivity contribution >= 4 is 23.3 Å². The normalized spacial score (nSPS) is 12.0. The fraction of sp³-hybridized carbons (Fsp3) is 0.333. The number of urea groups is 1. The highest BCUT2D eigenvalue weighted by Crippen LogP contribution is 2.20. The molecule has 0 bridgehead atoms. The Morgan fingerprint density at radius 3 is 2.73 bits per heavy atom. The van der Waals surface area contributed by atoms with Crippen molar-refractivity contribution in [2.45, 2.75) is 26.4 Å². The van der Waals surface area contributed by atoms with Crippen molar-refractivity contribution in [1.29, 1.82) is 0 Å². The Balaban J connectivity index is 1.90. The minimum Gasteiger partial charge on any atom is -0.387 e. The van der Waals surface area contributed by atoms with Crippen molar-refractivity contribution < 1.29 is 14.4 Å². The minimum absolute atomic E-state index is 0.0826. The number of hydrogen-bond acceptors (Lipinski definition) is 4. The monoisotopic (exact) mass is 323 g/mol. The van der Waals surface area contributed by atoms with Gasteiger partial charge in [-0.25, -0.2) is 4.79 Å². The van der Waals surface area contributed by atoms with E-state index >= 15 is 0 Å². The van der Waals surface area contributed by atoms with E-state index in [1.54, 1.807) is 31.2 Å². The third-order valence-electron chi connectivity index (χ3n) is 3.22. The summed E-state index contributed by atoms with van der Waals surface area (Å²) in [5, 5.41) is 19.8. The topological polar surface area (TPSA) is 87.4 Å². The molecule has 0 saturated heterocycles. The Bertz CT molecular complexity index is 640. The molecule has 2 rings (SSSR count). The number of aromatic nitrogens is 1. The zero-order chi connectivity index (χ0) is 16.1. The molecule has 1 atom stereocenters. The van der Waals surface area contributed by atoms with Gasteiger partial charge in [-0.15, -0.1) is 0 Å². The smallest absolute Gasteiger partial charge is 0.319 e. The number of aliphatic hydroxyl groups excluding tert-OH is 1. The quantitative estimate of drug-likeness (QED) is 0.789. The van der Waals surface area contributed by atoms with Crippen molar-refractivity contribution in [2.75, 3.05) is 11.9 Å². The number of rotatable bonds is 5. The molecular formula is C15H18ClN3O3. The molecule has 0 radical (unpaired) electrons. The van der Waals surface area contributed by atoms with E-state index in [9.17, 15) is 9.90 Å². The van der Waals surface area contributed by atoms with Crippen LogP contribution in [0.3, 0.4) is 0 Å². The van der Waals surface area contributed by atoms with Gasteiger partial charge in [-0.2, -0.15) is 0 Å². The predicted molar refractivity (Wildman–Crippen MR) is 84.1 cm³/mol. The third-order valence-corrected chi connectivity index (χ3v) is 3.47. The lowest BCUT2D eigenvalue weighted by Gasteiger charge is -2.13. The summed E-state index contributed by atoms with van der Waals surface area (Å²) in [4.78, 5) is 11.9. The number of carbonyl (C=O) groups excluding carboxylic acids is 1. The maximum Gasteiger partial charge on any atom is 0.319 e. The van der Waals surface area contributed by atoms with E-state index in [4.69, 9.17) is 16.1 Å². The largest absolute Gasteiger partial charge is 0.387 e. The van der Waals surface area contributed by atoms with E-state index in [0.29, 0.717) is 34.1 Å². The summed E-state index contributed by atoms with van der Waals surface area (Å²) in [6, 6.07) is 6.38. The van der Waals surface area contributed by atoms with Gasteiger partial charge in [0.1, 0.15) is 11.4 Å². The van der Waals surface area contributed by atoms with Gasteiger partial charge in [-0.1, -0.05) is 35.8 Å². The van der Waals surface area contributed by atoms with Crippen molar-refractivity contribution in [1.82, 2.24) is 10.5 Å². The number of benzene rings is 1. The second kappa shape index (κ2) is 7.29. The number of amides is 2. The van der Waals surface area contributed by atoms with Crippen LogP contribution < -0.4 is 10.6 Å². The highest BCUT2D eigenvalue weighted by Gasteiger charge is 2.15. The fourth-order valence-electron chi connectivity index (χ4n) is 1.97. The second-order valence-corrected chi connectivity index (χ2v) is 5.25. The summed E-state index contributed by atoms with van der Waals surface area (Å²) in [6.07, 6.45) is -0.155. The Labute approximate surface area is 133 Å². The van der Waals surface area contributed by atoms with Gasteiger partial charge in [0, 0.05) is 11.6 Å². The number of carbonyl (C=O) groups is 1. The molecule has 2 amide bonds. The number of aryl methyl sites for hydroxylation is 2. The molecule has 3 N–H and O–H groups in total. The Hall–Kier alpha value is -2.05. The molecule has 0 aliphatic heterocycles. The Morgan fingerprint density at radius 1 is 1.41 bits per heavy atom. The molecule has 1 aromatic heterocycles. The lowest BCUT2D eigenvalue weighted by molar-refractivity contribution is 0.175. The molecule has 1 aromatic carbocycles. The first-order valence-electron chi connectivity index (χ1n) is 6.94. The van der Waals surface area contributed by atoms with E-state index < -0.39 is 12.1 Å². The Morgan fingerprint density at radius 2 is 2.09 bits per heavy atom. The Kier molecular flexibility index (Phi) is 5.41. The van der Waals surface area contributed by atoms with Gasteiger partial charge >= 0.3 is 6.03 Å². The first kappa shape index (κ1) is 16.3. The molecule has 7 heteroatoms. The highest BCUT2D eigenvalue weighted by molar-refractivity contribution is 6.30. The number of hydrogen-bond donors (Lipinski definition) is 3. The molecule has 2 aromatic rings. The van der Waals surface area contributed by atoms with Crippen LogP contribution in [-0.4, -0.2) is 22.8 Å². The molecule has 118 valence electrons. The van der Waals surface area contributed by atoms with E-state index in [1.807, 2.05) is 6.92 Å². The molecule has 0 spiro atoms. The average Bonchev–Trinajstić information content (AvgIpc) is 2.86. The first-order chi connectivity index (χ1) is 10.5. The third kappa shape index (κ3) is 3.99. The lowest BCUT2D eigenvalue weighted by Crippen LogP contribution is -2.32. The highest BCUT2D eigenvalue weighted by atomic mass is 35.5. The van der Waals surface area contributed by atoms with Gasteiger partial charge in [0.05, 0.1) is 6.10 Å². The molecule has 1 heterocycles. The molecule has 6 nitrogen and oxygen atoms in total.